The second-order valence-corrected chi connectivity index (χ2v) is 10.6. The van der Waals surface area contributed by atoms with Crippen molar-refractivity contribution in [1.29, 1.82) is 0 Å². The first-order valence-electron chi connectivity index (χ1n) is 10.7. The van der Waals surface area contributed by atoms with Crippen molar-refractivity contribution in [2.75, 3.05) is 43.9 Å². The van der Waals surface area contributed by atoms with E-state index in [1.165, 1.54) is 21.3 Å². The lowest BCUT2D eigenvalue weighted by Crippen LogP contribution is -2.47. The van der Waals surface area contributed by atoms with Gasteiger partial charge in [-0.25, -0.2) is 0 Å². The van der Waals surface area contributed by atoms with E-state index in [0.29, 0.717) is 6.26 Å². The zero-order valence-electron chi connectivity index (χ0n) is 18.4. The van der Waals surface area contributed by atoms with Crippen molar-refractivity contribution in [1.82, 2.24) is 9.88 Å². The molecule has 0 radical (unpaired) electrons. The van der Waals surface area contributed by atoms with E-state index in [9.17, 15) is 13.2 Å². The number of piperazine rings is 1. The minimum Gasteiger partial charge on any atom is -0.368 e. The summed E-state index contributed by atoms with van der Waals surface area (Å²) in [6.45, 7) is 5.37. The first-order valence-corrected chi connectivity index (χ1v) is 13.5. The fraction of sp³-hybridized carbons (Fsp3) is 0.292. The average molecular weight is 486 g/mol. The van der Waals surface area contributed by atoms with Gasteiger partial charge < -0.3 is 9.88 Å². The Balaban J connectivity index is 0.000000471. The number of nitrogens with one attached hydrogen (secondary N) is 1. The molecule has 33 heavy (non-hydrogen) atoms. The molecule has 7 nitrogen and oxygen atoms in total. The van der Waals surface area contributed by atoms with Gasteiger partial charge in [-0.05, 0) is 53.1 Å². The maximum Gasteiger partial charge on any atom is 0.261 e. The van der Waals surface area contributed by atoms with Crippen LogP contribution in [0.15, 0.2) is 64.8 Å². The molecule has 9 heteroatoms. The summed E-state index contributed by atoms with van der Waals surface area (Å²) in [7, 11) is -3.67. The summed E-state index contributed by atoms with van der Waals surface area (Å²) < 4.78 is 27.2. The van der Waals surface area contributed by atoms with Crippen LogP contribution >= 0.6 is 11.3 Å². The fourth-order valence-electron chi connectivity index (χ4n) is 4.11. The highest BCUT2D eigenvalue weighted by Crippen LogP contribution is 2.31. The number of benzene rings is 2. The van der Waals surface area contributed by atoms with Crippen LogP contribution in [0.25, 0.3) is 21.0 Å². The van der Waals surface area contributed by atoms with E-state index in [4.69, 9.17) is 4.55 Å². The molecular weight excluding hydrogens is 458 g/mol. The third kappa shape index (κ3) is 6.42. The zero-order valence-corrected chi connectivity index (χ0v) is 20.0. The molecule has 0 atom stereocenters. The number of aromatic nitrogens is 1. The number of thiophene rings is 1. The topological polar surface area (TPSA) is 93.7 Å². The first kappa shape index (κ1) is 23.4. The lowest BCUT2D eigenvalue weighted by Gasteiger charge is -2.36. The summed E-state index contributed by atoms with van der Waals surface area (Å²) in [5, 5.41) is 4.65. The number of aromatic amines is 1. The SMILES string of the molecule is CS(=O)(=O)O.O=c1ccc2ccc(CCN3CCN(c4cccc5sccc45)CC3)cc2[nH]1. The van der Waals surface area contributed by atoms with Crippen LogP contribution in [0.1, 0.15) is 5.56 Å². The molecule has 4 aromatic rings. The van der Waals surface area contributed by atoms with E-state index in [1.54, 1.807) is 6.07 Å². The summed E-state index contributed by atoms with van der Waals surface area (Å²) in [4.78, 5) is 19.5. The van der Waals surface area contributed by atoms with E-state index in [0.717, 1.165) is 50.0 Å². The van der Waals surface area contributed by atoms with Crippen molar-refractivity contribution in [2.45, 2.75) is 6.42 Å². The van der Waals surface area contributed by atoms with Gasteiger partial charge in [-0.3, -0.25) is 14.2 Å². The predicted molar refractivity (Wildman–Crippen MR) is 136 cm³/mol. The smallest absolute Gasteiger partial charge is 0.261 e. The minimum absolute atomic E-state index is 0.0404. The van der Waals surface area contributed by atoms with Crippen molar-refractivity contribution >= 4 is 48.1 Å². The van der Waals surface area contributed by atoms with Gasteiger partial charge >= 0.3 is 0 Å². The van der Waals surface area contributed by atoms with Crippen LogP contribution in [-0.2, 0) is 16.5 Å². The number of H-pyrrole nitrogens is 1. The van der Waals surface area contributed by atoms with Crippen LogP contribution in [0, 0.1) is 0 Å². The molecular formula is C24H27N3O4S2. The second kappa shape index (κ2) is 10.0. The third-order valence-corrected chi connectivity index (χ3v) is 6.57. The van der Waals surface area contributed by atoms with Crippen molar-refractivity contribution < 1.29 is 13.0 Å². The molecule has 2 aromatic heterocycles. The largest absolute Gasteiger partial charge is 0.368 e. The quantitative estimate of drug-likeness (QED) is 0.429. The number of pyridine rings is 1. The monoisotopic (exact) mass is 485 g/mol. The van der Waals surface area contributed by atoms with E-state index in [1.807, 2.05) is 17.4 Å². The Morgan fingerprint density at radius 3 is 2.52 bits per heavy atom. The van der Waals surface area contributed by atoms with Crippen molar-refractivity contribution in [3.05, 3.63) is 75.9 Å². The van der Waals surface area contributed by atoms with Gasteiger partial charge in [-0.2, -0.15) is 8.42 Å². The number of rotatable bonds is 4. The molecule has 1 fully saturated rings. The Morgan fingerprint density at radius 2 is 1.76 bits per heavy atom. The van der Waals surface area contributed by atoms with E-state index in [2.05, 4.69) is 62.6 Å². The number of fused-ring (bicyclic) bond motifs is 2. The van der Waals surface area contributed by atoms with Crippen LogP contribution < -0.4 is 10.5 Å². The highest BCUT2D eigenvalue weighted by Gasteiger charge is 2.18. The molecule has 2 N–H and O–H groups in total. The molecule has 5 rings (SSSR count). The van der Waals surface area contributed by atoms with Crippen molar-refractivity contribution in [3.8, 4) is 0 Å². The molecule has 1 aliphatic heterocycles. The van der Waals surface area contributed by atoms with E-state index in [-0.39, 0.29) is 5.56 Å². The highest BCUT2D eigenvalue weighted by atomic mass is 32.2. The molecule has 1 saturated heterocycles. The van der Waals surface area contributed by atoms with Gasteiger partial charge in [0.05, 0.1) is 6.26 Å². The lowest BCUT2D eigenvalue weighted by atomic mass is 10.1. The van der Waals surface area contributed by atoms with Crippen molar-refractivity contribution in [2.24, 2.45) is 0 Å². The van der Waals surface area contributed by atoms with Gasteiger partial charge in [0.15, 0.2) is 0 Å². The Kier molecular flexibility index (Phi) is 7.14. The van der Waals surface area contributed by atoms with Crippen LogP contribution in [0.5, 0.6) is 0 Å². The van der Waals surface area contributed by atoms with E-state index < -0.39 is 10.1 Å². The average Bonchev–Trinajstić information content (AvgIpc) is 3.26. The van der Waals surface area contributed by atoms with E-state index >= 15 is 0 Å². The molecule has 0 aliphatic carbocycles. The molecule has 0 amide bonds. The highest BCUT2D eigenvalue weighted by molar-refractivity contribution is 7.85. The molecule has 0 unspecified atom stereocenters. The number of nitrogens with zero attached hydrogens (tertiary/aromatic N) is 2. The fourth-order valence-corrected chi connectivity index (χ4v) is 4.91. The summed E-state index contributed by atoms with van der Waals surface area (Å²) in [5.74, 6) is 0. The Morgan fingerprint density at radius 1 is 1.03 bits per heavy atom. The van der Waals surface area contributed by atoms with Gasteiger partial charge in [0.1, 0.15) is 0 Å². The molecule has 0 saturated carbocycles. The summed E-state index contributed by atoms with van der Waals surface area (Å²) in [6, 6.07) is 18.7. The number of hydrogen-bond donors (Lipinski definition) is 2. The zero-order chi connectivity index (χ0) is 23.4. The standard InChI is InChI=1S/C23H23N3OS.CH4O3S/c27-23-7-6-18-5-4-17(16-20(18)24-23)8-10-25-11-13-26(14-12-25)21-2-1-3-22-19(21)9-15-28-22;1-5(2,3)4/h1-7,9,15-16H,8,10-14H2,(H,24,27);1H3,(H,2,3,4). The Hall–Kier alpha value is -2.72. The van der Waals surface area contributed by atoms with Gasteiger partial charge in [0, 0.05) is 60.1 Å². The maximum absolute atomic E-state index is 11.5. The Bertz CT molecular complexity index is 1400. The summed E-state index contributed by atoms with van der Waals surface area (Å²) >= 11 is 1.81. The maximum atomic E-state index is 11.5. The number of anilines is 1. The molecule has 0 spiro atoms. The van der Waals surface area contributed by atoms with Crippen LogP contribution in [0.3, 0.4) is 0 Å². The summed E-state index contributed by atoms with van der Waals surface area (Å²) in [5.41, 5.74) is 3.54. The van der Waals surface area contributed by atoms with Crippen LogP contribution in [-0.4, -0.2) is 61.8 Å². The first-order chi connectivity index (χ1) is 15.8. The van der Waals surface area contributed by atoms with Gasteiger partial charge in [-0.1, -0.05) is 18.2 Å². The molecule has 3 heterocycles. The normalized spacial score (nSPS) is 14.9. The minimum atomic E-state index is -3.67. The van der Waals surface area contributed by atoms with Crippen LogP contribution in [0.4, 0.5) is 5.69 Å². The van der Waals surface area contributed by atoms with Crippen molar-refractivity contribution in [3.63, 3.8) is 0 Å². The molecule has 1 aliphatic rings. The predicted octanol–water partition coefficient (Wildman–Crippen LogP) is 3.61. The van der Waals surface area contributed by atoms with Gasteiger partial charge in [-0.15, -0.1) is 11.3 Å². The summed E-state index contributed by atoms with van der Waals surface area (Å²) in [6.07, 6.45) is 1.72. The third-order valence-electron chi connectivity index (χ3n) is 5.69. The molecule has 0 bridgehead atoms. The second-order valence-electron chi connectivity index (χ2n) is 8.17. The Labute approximate surface area is 197 Å². The number of hydrogen-bond acceptors (Lipinski definition) is 6. The van der Waals surface area contributed by atoms with Gasteiger partial charge in [0.25, 0.3) is 10.1 Å². The van der Waals surface area contributed by atoms with Gasteiger partial charge in [0.2, 0.25) is 5.56 Å². The molecule has 2 aromatic carbocycles. The molecule has 174 valence electrons. The lowest BCUT2D eigenvalue weighted by molar-refractivity contribution is 0.261. The van der Waals surface area contributed by atoms with Crippen LogP contribution in [0.2, 0.25) is 0 Å².